The average Bonchev–Trinajstić information content (AvgIpc) is 3.08. The zero-order valence-electron chi connectivity index (χ0n) is 13.7. The average molecular weight is 358 g/mol. The maximum Gasteiger partial charge on any atom is 0.323 e. The van der Waals surface area contributed by atoms with Crippen molar-refractivity contribution in [1.82, 2.24) is 5.32 Å². The van der Waals surface area contributed by atoms with Gasteiger partial charge in [0, 0.05) is 28.0 Å². The van der Waals surface area contributed by atoms with E-state index >= 15 is 0 Å². The van der Waals surface area contributed by atoms with Gasteiger partial charge in [0.1, 0.15) is 0 Å². The van der Waals surface area contributed by atoms with Crippen LogP contribution in [0.15, 0.2) is 48.5 Å². The maximum absolute atomic E-state index is 12.2. The van der Waals surface area contributed by atoms with Crippen LogP contribution < -0.4 is 16.0 Å². The Morgan fingerprint density at radius 3 is 2.28 bits per heavy atom. The van der Waals surface area contributed by atoms with Crippen molar-refractivity contribution in [3.63, 3.8) is 0 Å². The van der Waals surface area contributed by atoms with Crippen molar-refractivity contribution in [2.75, 3.05) is 10.6 Å². The van der Waals surface area contributed by atoms with Crippen molar-refractivity contribution >= 4 is 34.9 Å². The second-order valence-corrected chi connectivity index (χ2v) is 6.56. The number of carbonyl (C=O) groups excluding carboxylic acids is 2. The third kappa shape index (κ3) is 4.97. The first-order valence-electron chi connectivity index (χ1n) is 8.35. The monoisotopic (exact) mass is 357 g/mol. The topological polar surface area (TPSA) is 70.2 Å². The summed E-state index contributed by atoms with van der Waals surface area (Å²) < 4.78 is 0. The molecule has 1 fully saturated rings. The number of urea groups is 1. The number of nitrogens with one attached hydrogen (secondary N) is 3. The Kier molecular flexibility index (Phi) is 5.56. The fourth-order valence-electron chi connectivity index (χ4n) is 2.90. The van der Waals surface area contributed by atoms with E-state index in [0.29, 0.717) is 22.0 Å². The van der Waals surface area contributed by atoms with Crippen LogP contribution in [-0.2, 0) is 0 Å². The van der Waals surface area contributed by atoms with Gasteiger partial charge in [0.15, 0.2) is 0 Å². The fraction of sp³-hybridized carbons (Fsp3) is 0.263. The minimum atomic E-state index is -0.370. The second-order valence-electron chi connectivity index (χ2n) is 6.12. The van der Waals surface area contributed by atoms with Crippen LogP contribution in [0.25, 0.3) is 0 Å². The van der Waals surface area contributed by atoms with Gasteiger partial charge in [0.05, 0.1) is 0 Å². The SMILES string of the molecule is O=C(Nc1ccc(C(=O)NC2CCCC2)cc1)Nc1cccc(Cl)c1. The Bertz CT molecular complexity index is 756. The van der Waals surface area contributed by atoms with Crippen LogP contribution in [0.4, 0.5) is 16.2 Å². The van der Waals surface area contributed by atoms with E-state index in [-0.39, 0.29) is 18.0 Å². The number of rotatable bonds is 4. The van der Waals surface area contributed by atoms with E-state index in [2.05, 4.69) is 16.0 Å². The van der Waals surface area contributed by atoms with Crippen LogP contribution in [0.5, 0.6) is 0 Å². The summed E-state index contributed by atoms with van der Waals surface area (Å²) in [6, 6.07) is 13.7. The largest absolute Gasteiger partial charge is 0.349 e. The number of hydrogen-bond donors (Lipinski definition) is 3. The Labute approximate surface area is 151 Å². The molecular weight excluding hydrogens is 338 g/mol. The fourth-order valence-corrected chi connectivity index (χ4v) is 3.09. The number of anilines is 2. The quantitative estimate of drug-likeness (QED) is 0.745. The van der Waals surface area contributed by atoms with Crippen molar-refractivity contribution in [1.29, 1.82) is 0 Å². The summed E-state index contributed by atoms with van der Waals surface area (Å²) in [6.45, 7) is 0. The molecule has 6 heteroatoms. The highest BCUT2D eigenvalue weighted by Gasteiger charge is 2.17. The predicted molar refractivity (Wildman–Crippen MR) is 100 cm³/mol. The Balaban J connectivity index is 1.54. The molecule has 3 rings (SSSR count). The van der Waals surface area contributed by atoms with E-state index in [0.717, 1.165) is 12.8 Å². The second kappa shape index (κ2) is 8.03. The highest BCUT2D eigenvalue weighted by molar-refractivity contribution is 6.30. The highest BCUT2D eigenvalue weighted by Crippen LogP contribution is 2.19. The molecule has 1 saturated carbocycles. The van der Waals surface area contributed by atoms with E-state index < -0.39 is 0 Å². The molecule has 25 heavy (non-hydrogen) atoms. The first-order chi connectivity index (χ1) is 12.1. The molecule has 130 valence electrons. The summed E-state index contributed by atoms with van der Waals surface area (Å²) in [7, 11) is 0. The molecule has 0 saturated heterocycles. The van der Waals surface area contributed by atoms with Crippen molar-refractivity contribution in [3.8, 4) is 0 Å². The van der Waals surface area contributed by atoms with Gasteiger partial charge in [0.2, 0.25) is 0 Å². The summed E-state index contributed by atoms with van der Waals surface area (Å²) in [4.78, 5) is 24.2. The summed E-state index contributed by atoms with van der Waals surface area (Å²) in [6.07, 6.45) is 4.45. The summed E-state index contributed by atoms with van der Waals surface area (Å²) in [5.41, 5.74) is 1.81. The number of amides is 3. The van der Waals surface area contributed by atoms with Crippen LogP contribution in [0, 0.1) is 0 Å². The molecule has 3 amide bonds. The van der Waals surface area contributed by atoms with Crippen LogP contribution in [0.3, 0.4) is 0 Å². The van der Waals surface area contributed by atoms with E-state index in [1.54, 1.807) is 48.5 Å². The van der Waals surface area contributed by atoms with Crippen molar-refractivity contribution in [2.24, 2.45) is 0 Å². The lowest BCUT2D eigenvalue weighted by molar-refractivity contribution is 0.0938. The van der Waals surface area contributed by atoms with Crippen LogP contribution in [-0.4, -0.2) is 18.0 Å². The number of carbonyl (C=O) groups is 2. The third-order valence-electron chi connectivity index (χ3n) is 4.18. The van der Waals surface area contributed by atoms with Crippen LogP contribution in [0.2, 0.25) is 5.02 Å². The molecule has 0 aromatic heterocycles. The van der Waals surface area contributed by atoms with E-state index in [1.165, 1.54) is 12.8 Å². The zero-order chi connectivity index (χ0) is 17.6. The molecule has 0 aliphatic heterocycles. The lowest BCUT2D eigenvalue weighted by Gasteiger charge is -2.12. The molecular formula is C19H20ClN3O2. The lowest BCUT2D eigenvalue weighted by atomic mass is 10.1. The minimum Gasteiger partial charge on any atom is -0.349 e. The smallest absolute Gasteiger partial charge is 0.323 e. The molecule has 3 N–H and O–H groups in total. The van der Waals surface area contributed by atoms with Gasteiger partial charge in [-0.3, -0.25) is 4.79 Å². The van der Waals surface area contributed by atoms with Crippen molar-refractivity contribution in [3.05, 3.63) is 59.1 Å². The first kappa shape index (κ1) is 17.3. The molecule has 1 aliphatic rings. The van der Waals surface area contributed by atoms with Gasteiger partial charge >= 0.3 is 6.03 Å². The Morgan fingerprint density at radius 2 is 1.60 bits per heavy atom. The van der Waals surface area contributed by atoms with Gasteiger partial charge in [-0.1, -0.05) is 30.5 Å². The lowest BCUT2D eigenvalue weighted by Crippen LogP contribution is -2.32. The first-order valence-corrected chi connectivity index (χ1v) is 8.72. The van der Waals surface area contributed by atoms with Gasteiger partial charge in [-0.25, -0.2) is 4.79 Å². The highest BCUT2D eigenvalue weighted by atomic mass is 35.5. The van der Waals surface area contributed by atoms with Crippen LogP contribution >= 0.6 is 11.6 Å². The molecule has 1 aliphatic carbocycles. The van der Waals surface area contributed by atoms with Crippen molar-refractivity contribution < 1.29 is 9.59 Å². The number of halogens is 1. The van der Waals surface area contributed by atoms with Gasteiger partial charge in [-0.15, -0.1) is 0 Å². The van der Waals surface area contributed by atoms with Crippen LogP contribution in [0.1, 0.15) is 36.0 Å². The third-order valence-corrected chi connectivity index (χ3v) is 4.41. The molecule has 0 unspecified atom stereocenters. The molecule has 2 aromatic rings. The summed E-state index contributed by atoms with van der Waals surface area (Å²) in [5, 5.41) is 9.02. The summed E-state index contributed by atoms with van der Waals surface area (Å²) in [5.74, 6) is -0.0678. The van der Waals surface area contributed by atoms with E-state index in [4.69, 9.17) is 11.6 Å². The molecule has 0 radical (unpaired) electrons. The van der Waals surface area contributed by atoms with E-state index in [9.17, 15) is 9.59 Å². The van der Waals surface area contributed by atoms with Gasteiger partial charge in [-0.05, 0) is 55.3 Å². The Morgan fingerprint density at radius 1 is 0.920 bits per heavy atom. The van der Waals surface area contributed by atoms with Gasteiger partial charge in [0.25, 0.3) is 5.91 Å². The normalized spacial score (nSPS) is 14.1. The molecule has 0 atom stereocenters. The molecule has 2 aromatic carbocycles. The summed E-state index contributed by atoms with van der Waals surface area (Å²) >= 11 is 5.89. The number of hydrogen-bond acceptors (Lipinski definition) is 2. The Hall–Kier alpha value is -2.53. The van der Waals surface area contributed by atoms with Gasteiger partial charge < -0.3 is 16.0 Å². The van der Waals surface area contributed by atoms with Gasteiger partial charge in [-0.2, -0.15) is 0 Å². The molecule has 5 nitrogen and oxygen atoms in total. The maximum atomic E-state index is 12.2. The molecule has 0 heterocycles. The molecule has 0 bridgehead atoms. The minimum absolute atomic E-state index is 0.0678. The number of benzene rings is 2. The van der Waals surface area contributed by atoms with E-state index in [1.807, 2.05) is 0 Å². The zero-order valence-corrected chi connectivity index (χ0v) is 14.5. The molecule has 0 spiro atoms. The standard InChI is InChI=1S/C19H20ClN3O2/c20-14-4-3-7-17(12-14)23-19(25)22-16-10-8-13(9-11-16)18(24)21-15-5-1-2-6-15/h3-4,7-12,15H,1-2,5-6H2,(H,21,24)(H2,22,23,25). The van der Waals surface area contributed by atoms with Crippen molar-refractivity contribution in [2.45, 2.75) is 31.7 Å². The predicted octanol–water partition coefficient (Wildman–Crippen LogP) is 4.66.